The van der Waals surface area contributed by atoms with Crippen molar-refractivity contribution in [3.63, 3.8) is 0 Å². The maximum absolute atomic E-state index is 13.7. The minimum Gasteiger partial charge on any atom is -0.396 e. The first-order chi connectivity index (χ1) is 21.2. The van der Waals surface area contributed by atoms with Crippen LogP contribution in [0.1, 0.15) is 38.5 Å². The van der Waals surface area contributed by atoms with E-state index in [9.17, 15) is 27.7 Å². The summed E-state index contributed by atoms with van der Waals surface area (Å²) in [5, 5.41) is 54.1. The van der Waals surface area contributed by atoms with E-state index >= 15 is 0 Å². The van der Waals surface area contributed by atoms with E-state index in [0.717, 1.165) is 0 Å². The number of hydrogen-bond donors (Lipinski definition) is 7. The van der Waals surface area contributed by atoms with Crippen LogP contribution in [0, 0.1) is 0 Å². The zero-order valence-corrected chi connectivity index (χ0v) is 28.7. The van der Waals surface area contributed by atoms with Crippen molar-refractivity contribution in [2.45, 2.75) is 38.5 Å². The van der Waals surface area contributed by atoms with Gasteiger partial charge in [-0.15, -0.1) is 0 Å². The molecule has 0 aliphatic heterocycles. The van der Waals surface area contributed by atoms with E-state index in [2.05, 4.69) is 8.83 Å². The molecule has 0 aliphatic rings. The average molecular weight is 766 g/mol. The number of rotatable bonds is 32. The van der Waals surface area contributed by atoms with Crippen molar-refractivity contribution in [2.75, 3.05) is 79.3 Å². The molecular weight excluding hydrogens is 723 g/mol. The van der Waals surface area contributed by atoms with Gasteiger partial charge in [-0.25, -0.2) is 22.8 Å². The van der Waals surface area contributed by atoms with Gasteiger partial charge in [0.1, 0.15) is 0 Å². The zero-order chi connectivity index (χ0) is 34.3. The van der Waals surface area contributed by atoms with Crippen molar-refractivity contribution in [2.24, 2.45) is 0 Å². The van der Waals surface area contributed by atoms with Crippen LogP contribution in [0.15, 0.2) is 0 Å². The summed E-state index contributed by atoms with van der Waals surface area (Å²) in [6.07, 6.45) is -1.29. The molecule has 45 heavy (non-hydrogen) atoms. The minimum atomic E-state index is -5.76. The molecule has 4 unspecified atom stereocenters. The summed E-state index contributed by atoms with van der Waals surface area (Å²) in [5.74, 6) is 0. The molecule has 0 bridgehead atoms. The highest BCUT2D eigenvalue weighted by molar-refractivity contribution is 7.72. The van der Waals surface area contributed by atoms with E-state index in [4.69, 9.17) is 66.2 Å². The fourth-order valence-corrected chi connectivity index (χ4v) is 11.2. The van der Waals surface area contributed by atoms with Gasteiger partial charge in [0.25, 0.3) is 0 Å². The molecule has 0 aliphatic carbocycles. The molecule has 27 heteroatoms. The van der Waals surface area contributed by atoms with Gasteiger partial charge in [0, 0.05) is 39.6 Å². The first-order valence-corrected chi connectivity index (χ1v) is 20.6. The van der Waals surface area contributed by atoms with Crippen LogP contribution in [0.4, 0.5) is 0 Å². The van der Waals surface area contributed by atoms with Crippen LogP contribution in [0.2, 0.25) is 0 Å². The summed E-state index contributed by atoms with van der Waals surface area (Å²) < 4.78 is 115. The molecule has 0 aromatic carbocycles. The Hall–Kier alpha value is 0.470. The van der Waals surface area contributed by atoms with Gasteiger partial charge < -0.3 is 35.5 Å². The summed E-state index contributed by atoms with van der Waals surface area (Å²) in [7, 11) is -27.5. The number of aliphatic hydroxyl groups is 6. The van der Waals surface area contributed by atoms with Gasteiger partial charge in [-0.2, -0.15) is 17.2 Å². The number of hydrogen-bond acceptors (Lipinski definition) is 21. The van der Waals surface area contributed by atoms with Crippen molar-refractivity contribution in [3.8, 4) is 0 Å². The summed E-state index contributed by atoms with van der Waals surface area (Å²) in [6, 6.07) is 0. The SMILES string of the molecule is O=P(O)(OCCCO)OP(=O)(OCCCO)OP(=O)(OCCCO)OP(=O)(OCCCO)OP(=O)(OCCCO)OCCCO. The highest BCUT2D eigenvalue weighted by atomic mass is 31.3. The molecular formula is C18H43O22P5. The Bertz CT molecular complexity index is 999. The van der Waals surface area contributed by atoms with Crippen molar-refractivity contribution in [1.82, 2.24) is 0 Å². The third-order valence-electron chi connectivity index (χ3n) is 4.12. The Morgan fingerprint density at radius 3 is 0.844 bits per heavy atom. The fourth-order valence-electron chi connectivity index (χ4n) is 2.24. The third-order valence-corrected chi connectivity index (χ3v) is 13.5. The van der Waals surface area contributed by atoms with Gasteiger partial charge in [-0.3, -0.25) is 27.1 Å². The highest BCUT2D eigenvalue weighted by Crippen LogP contribution is 2.78. The molecule has 0 rings (SSSR count). The van der Waals surface area contributed by atoms with Crippen molar-refractivity contribution >= 4 is 39.1 Å². The Morgan fingerprint density at radius 1 is 0.333 bits per heavy atom. The molecule has 0 fully saturated rings. The quantitative estimate of drug-likeness (QED) is 0.0380. The van der Waals surface area contributed by atoms with Crippen molar-refractivity contribution < 1.29 is 103 Å². The number of phosphoric ester groups is 2. The van der Waals surface area contributed by atoms with Gasteiger partial charge in [-0.05, 0) is 38.5 Å². The lowest BCUT2D eigenvalue weighted by atomic mass is 10.5. The molecule has 0 aromatic rings. The van der Waals surface area contributed by atoms with Gasteiger partial charge in [0.15, 0.2) is 0 Å². The number of aliphatic hydroxyl groups excluding tert-OH is 6. The molecule has 0 saturated carbocycles. The lowest BCUT2D eigenvalue weighted by Crippen LogP contribution is -2.10. The Balaban J connectivity index is 6.60. The summed E-state index contributed by atoms with van der Waals surface area (Å²) in [6.45, 7) is -6.93. The van der Waals surface area contributed by atoms with Gasteiger partial charge in [0.05, 0.1) is 39.6 Å². The van der Waals surface area contributed by atoms with Gasteiger partial charge in [0.2, 0.25) is 0 Å². The Morgan fingerprint density at radius 2 is 0.556 bits per heavy atom. The number of phosphoric acid groups is 5. The molecule has 7 N–H and O–H groups in total. The Labute approximate surface area is 259 Å². The minimum absolute atomic E-state index is 0.133. The molecule has 0 saturated heterocycles. The molecule has 272 valence electrons. The Kier molecular flexibility index (Phi) is 24.8. The van der Waals surface area contributed by atoms with E-state index in [1.54, 1.807) is 0 Å². The molecule has 0 amide bonds. The van der Waals surface area contributed by atoms with E-state index in [0.29, 0.717) is 0 Å². The standard InChI is InChI=1S/C18H43O22P5/c19-7-1-13-31-41(25,26)37-43(28,34-16-4-10-22)39-45(30,36-18-6-12-24)40-44(29,35-17-5-11-23)38-42(27,32-14-2-8-20)33-15-3-9-21/h19-24H,1-18H2,(H,25,26). The van der Waals surface area contributed by atoms with Crippen LogP contribution in [0.25, 0.3) is 0 Å². The molecule has 22 nitrogen and oxygen atoms in total. The lowest BCUT2D eigenvalue weighted by Gasteiger charge is -2.27. The fraction of sp³-hybridized carbons (Fsp3) is 1.00. The van der Waals surface area contributed by atoms with Gasteiger partial charge in [-0.1, -0.05) is 0 Å². The second kappa shape index (κ2) is 24.6. The maximum Gasteiger partial charge on any atom is 0.492 e. The summed E-state index contributed by atoms with van der Waals surface area (Å²) in [4.78, 5) is 9.99. The first-order valence-electron chi connectivity index (χ1n) is 13.3. The van der Waals surface area contributed by atoms with Crippen LogP contribution in [0.3, 0.4) is 0 Å². The van der Waals surface area contributed by atoms with Crippen LogP contribution in [-0.4, -0.2) is 115 Å². The molecule has 0 aromatic heterocycles. The summed E-state index contributed by atoms with van der Waals surface area (Å²) >= 11 is 0. The predicted molar refractivity (Wildman–Crippen MR) is 151 cm³/mol. The average Bonchev–Trinajstić information content (AvgIpc) is 2.93. The van der Waals surface area contributed by atoms with E-state index < -0.39 is 118 Å². The molecule has 4 atom stereocenters. The normalized spacial score (nSPS) is 17.8. The van der Waals surface area contributed by atoms with Gasteiger partial charge >= 0.3 is 39.1 Å². The molecule has 0 heterocycles. The second-order valence-electron chi connectivity index (χ2n) is 8.05. The summed E-state index contributed by atoms with van der Waals surface area (Å²) in [5.41, 5.74) is 0. The highest BCUT2D eigenvalue weighted by Gasteiger charge is 2.52. The molecule has 0 spiro atoms. The van der Waals surface area contributed by atoms with Crippen molar-refractivity contribution in [1.29, 1.82) is 0 Å². The van der Waals surface area contributed by atoms with Crippen LogP contribution in [-0.2, 0) is 67.2 Å². The topological polar surface area (TPSA) is 319 Å². The largest absolute Gasteiger partial charge is 0.492 e. The van der Waals surface area contributed by atoms with Crippen LogP contribution < -0.4 is 0 Å². The second-order valence-corrected chi connectivity index (χ2v) is 16.7. The van der Waals surface area contributed by atoms with E-state index in [-0.39, 0.29) is 38.5 Å². The molecule has 0 radical (unpaired) electrons. The monoisotopic (exact) mass is 766 g/mol. The van der Waals surface area contributed by atoms with Crippen LogP contribution >= 0.6 is 39.1 Å². The lowest BCUT2D eigenvalue weighted by molar-refractivity contribution is 0.103. The first kappa shape index (κ1) is 45.5. The van der Waals surface area contributed by atoms with E-state index in [1.165, 1.54) is 0 Å². The van der Waals surface area contributed by atoms with E-state index in [1.807, 2.05) is 0 Å². The smallest absolute Gasteiger partial charge is 0.396 e. The third kappa shape index (κ3) is 21.9. The zero-order valence-electron chi connectivity index (χ0n) is 24.2. The van der Waals surface area contributed by atoms with Crippen molar-refractivity contribution in [3.05, 3.63) is 0 Å². The van der Waals surface area contributed by atoms with Crippen LogP contribution in [0.5, 0.6) is 0 Å². The maximum atomic E-state index is 13.7. The predicted octanol–water partition coefficient (Wildman–Crippen LogP) is 1.98.